The molecule has 110 valence electrons. The smallest absolute Gasteiger partial charge is 0.109 e. The molecule has 0 saturated carbocycles. The molecule has 1 aromatic heterocycles. The lowest BCUT2D eigenvalue weighted by Crippen LogP contribution is -2.14. The van der Waals surface area contributed by atoms with Crippen LogP contribution in [0.5, 0.6) is 0 Å². The van der Waals surface area contributed by atoms with Gasteiger partial charge >= 0.3 is 0 Å². The van der Waals surface area contributed by atoms with E-state index in [9.17, 15) is 0 Å². The number of nitrogens with zero attached hydrogens (tertiary/aromatic N) is 3. The molecule has 1 heterocycles. The average Bonchev–Trinajstić information content (AvgIpc) is 2.72. The van der Waals surface area contributed by atoms with Crippen molar-refractivity contribution in [2.24, 2.45) is 0 Å². The summed E-state index contributed by atoms with van der Waals surface area (Å²) in [5, 5.41) is 0. The Balaban J connectivity index is 2.17. The maximum absolute atomic E-state index is 5.86. The Morgan fingerprint density at radius 2 is 2.05 bits per heavy atom. The Labute approximate surface area is 121 Å². The number of nitrogen functional groups attached to an aromatic ring is 1. The highest BCUT2D eigenvalue weighted by atomic mass is 15.1. The quantitative estimate of drug-likeness (QED) is 0.624. The van der Waals surface area contributed by atoms with E-state index in [1.54, 1.807) is 0 Å². The lowest BCUT2D eigenvalue weighted by molar-refractivity contribution is 0.387. The van der Waals surface area contributed by atoms with Crippen LogP contribution in [0, 0.1) is 0 Å². The largest absolute Gasteiger partial charge is 0.399 e. The molecular formula is C16H26N4. The predicted molar refractivity (Wildman–Crippen MR) is 85.9 cm³/mol. The summed E-state index contributed by atoms with van der Waals surface area (Å²) in [7, 11) is 4.25. The van der Waals surface area contributed by atoms with Crippen LogP contribution in [0.2, 0.25) is 0 Å². The van der Waals surface area contributed by atoms with Gasteiger partial charge in [-0.25, -0.2) is 4.98 Å². The lowest BCUT2D eigenvalue weighted by Gasteiger charge is -2.11. The zero-order valence-corrected chi connectivity index (χ0v) is 12.9. The third-order valence-electron chi connectivity index (χ3n) is 3.56. The van der Waals surface area contributed by atoms with Gasteiger partial charge in [-0.3, -0.25) is 0 Å². The standard InChI is InChI=1S/C16H26N4/c1-4-7-16-18-14-12-13(17)8-9-15(14)20(16)11-6-5-10-19(2)3/h8-9,12H,4-7,10-11,17H2,1-3H3. The van der Waals surface area contributed by atoms with Gasteiger partial charge in [0.05, 0.1) is 11.0 Å². The Morgan fingerprint density at radius 1 is 1.25 bits per heavy atom. The molecule has 2 aromatic rings. The highest BCUT2D eigenvalue weighted by Gasteiger charge is 2.10. The molecule has 0 fully saturated rings. The molecule has 4 heteroatoms. The van der Waals surface area contributed by atoms with E-state index in [1.807, 2.05) is 12.1 Å². The number of aryl methyl sites for hydroxylation is 2. The Hall–Kier alpha value is -1.55. The Kier molecular flexibility index (Phi) is 5.01. The summed E-state index contributed by atoms with van der Waals surface area (Å²) in [6, 6.07) is 6.05. The molecule has 0 radical (unpaired) electrons. The first-order valence-electron chi connectivity index (χ1n) is 7.51. The number of imidazole rings is 1. The molecule has 0 saturated heterocycles. The molecule has 0 atom stereocenters. The van der Waals surface area contributed by atoms with Gasteiger partial charge in [0.2, 0.25) is 0 Å². The van der Waals surface area contributed by atoms with Gasteiger partial charge in [0.15, 0.2) is 0 Å². The normalized spacial score (nSPS) is 11.6. The van der Waals surface area contributed by atoms with Crippen LogP contribution in [0.1, 0.15) is 32.0 Å². The van der Waals surface area contributed by atoms with Crippen molar-refractivity contribution in [2.75, 3.05) is 26.4 Å². The summed E-state index contributed by atoms with van der Waals surface area (Å²) in [5.41, 5.74) is 8.89. The summed E-state index contributed by atoms with van der Waals surface area (Å²) in [5.74, 6) is 1.19. The Bertz CT molecular complexity index is 557. The van der Waals surface area contributed by atoms with Crippen molar-refractivity contribution in [3.05, 3.63) is 24.0 Å². The summed E-state index contributed by atoms with van der Waals surface area (Å²) >= 11 is 0. The molecule has 0 aliphatic rings. The van der Waals surface area contributed by atoms with Crippen molar-refractivity contribution in [1.82, 2.24) is 14.5 Å². The van der Waals surface area contributed by atoms with Crippen molar-refractivity contribution in [1.29, 1.82) is 0 Å². The number of benzene rings is 1. The lowest BCUT2D eigenvalue weighted by atomic mass is 10.2. The number of aromatic nitrogens is 2. The van der Waals surface area contributed by atoms with Gasteiger partial charge in [-0.05, 0) is 58.1 Å². The second-order valence-corrected chi connectivity index (χ2v) is 5.69. The number of rotatable bonds is 7. The van der Waals surface area contributed by atoms with Gasteiger partial charge in [0.1, 0.15) is 5.82 Å². The SMILES string of the molecule is CCCc1nc2cc(N)ccc2n1CCCCN(C)C. The second-order valence-electron chi connectivity index (χ2n) is 5.69. The number of hydrogen-bond donors (Lipinski definition) is 1. The number of anilines is 1. The molecule has 0 bridgehead atoms. The van der Waals surface area contributed by atoms with Crippen LogP contribution >= 0.6 is 0 Å². The van der Waals surface area contributed by atoms with E-state index in [1.165, 1.54) is 24.2 Å². The van der Waals surface area contributed by atoms with E-state index < -0.39 is 0 Å². The van der Waals surface area contributed by atoms with Crippen LogP contribution in [0.4, 0.5) is 5.69 Å². The monoisotopic (exact) mass is 274 g/mol. The van der Waals surface area contributed by atoms with Crippen molar-refractivity contribution in [3.63, 3.8) is 0 Å². The minimum absolute atomic E-state index is 0.790. The Morgan fingerprint density at radius 3 is 2.75 bits per heavy atom. The van der Waals surface area contributed by atoms with Crippen LogP contribution in [0.3, 0.4) is 0 Å². The zero-order valence-electron chi connectivity index (χ0n) is 12.9. The molecule has 1 aromatic carbocycles. The first-order valence-corrected chi connectivity index (χ1v) is 7.51. The van der Waals surface area contributed by atoms with Gasteiger partial charge in [0.25, 0.3) is 0 Å². The number of fused-ring (bicyclic) bond motifs is 1. The topological polar surface area (TPSA) is 47.1 Å². The fourth-order valence-electron chi connectivity index (χ4n) is 2.56. The third kappa shape index (κ3) is 3.51. The summed E-state index contributed by atoms with van der Waals surface area (Å²) in [6.45, 7) is 4.39. The van der Waals surface area contributed by atoms with E-state index in [0.717, 1.165) is 37.1 Å². The molecule has 0 unspecified atom stereocenters. The van der Waals surface area contributed by atoms with Crippen LogP contribution in [0.25, 0.3) is 11.0 Å². The van der Waals surface area contributed by atoms with Crippen molar-refractivity contribution >= 4 is 16.7 Å². The maximum Gasteiger partial charge on any atom is 0.109 e. The number of nitrogens with two attached hydrogens (primary N) is 1. The van der Waals surface area contributed by atoms with E-state index in [2.05, 4.69) is 36.6 Å². The average molecular weight is 274 g/mol. The fraction of sp³-hybridized carbons (Fsp3) is 0.562. The first kappa shape index (κ1) is 14.9. The molecule has 0 aliphatic heterocycles. The molecule has 2 N–H and O–H groups in total. The molecule has 4 nitrogen and oxygen atoms in total. The number of hydrogen-bond acceptors (Lipinski definition) is 3. The van der Waals surface area contributed by atoms with Crippen LogP contribution in [0.15, 0.2) is 18.2 Å². The van der Waals surface area contributed by atoms with Gasteiger partial charge in [0, 0.05) is 18.7 Å². The fourth-order valence-corrected chi connectivity index (χ4v) is 2.56. The van der Waals surface area contributed by atoms with Crippen LogP contribution in [-0.4, -0.2) is 35.1 Å². The second kappa shape index (κ2) is 6.75. The molecular weight excluding hydrogens is 248 g/mol. The van der Waals surface area contributed by atoms with Crippen molar-refractivity contribution in [3.8, 4) is 0 Å². The van der Waals surface area contributed by atoms with Gasteiger partial charge in [-0.2, -0.15) is 0 Å². The van der Waals surface area contributed by atoms with Crippen molar-refractivity contribution in [2.45, 2.75) is 39.2 Å². The summed E-state index contributed by atoms with van der Waals surface area (Å²) < 4.78 is 2.37. The first-order chi connectivity index (χ1) is 9.61. The number of unbranched alkanes of at least 4 members (excludes halogenated alkanes) is 1. The molecule has 2 rings (SSSR count). The molecule has 0 spiro atoms. The van der Waals surface area contributed by atoms with Gasteiger partial charge in [-0.15, -0.1) is 0 Å². The predicted octanol–water partition coefficient (Wildman–Crippen LogP) is 2.91. The minimum Gasteiger partial charge on any atom is -0.399 e. The third-order valence-corrected chi connectivity index (χ3v) is 3.56. The van der Waals surface area contributed by atoms with Crippen molar-refractivity contribution < 1.29 is 0 Å². The van der Waals surface area contributed by atoms with E-state index in [-0.39, 0.29) is 0 Å². The van der Waals surface area contributed by atoms with Crippen LogP contribution in [-0.2, 0) is 13.0 Å². The molecule has 0 amide bonds. The molecule has 20 heavy (non-hydrogen) atoms. The maximum atomic E-state index is 5.86. The zero-order chi connectivity index (χ0) is 14.5. The van der Waals surface area contributed by atoms with Gasteiger partial charge < -0.3 is 15.2 Å². The minimum atomic E-state index is 0.790. The van der Waals surface area contributed by atoms with E-state index in [0.29, 0.717) is 0 Å². The summed E-state index contributed by atoms with van der Waals surface area (Å²) in [6.07, 6.45) is 4.55. The molecule has 0 aliphatic carbocycles. The van der Waals surface area contributed by atoms with E-state index in [4.69, 9.17) is 10.7 Å². The van der Waals surface area contributed by atoms with E-state index >= 15 is 0 Å². The summed E-state index contributed by atoms with van der Waals surface area (Å²) in [4.78, 5) is 6.99. The van der Waals surface area contributed by atoms with Crippen LogP contribution < -0.4 is 5.73 Å². The van der Waals surface area contributed by atoms with Gasteiger partial charge in [-0.1, -0.05) is 6.92 Å². The highest BCUT2D eigenvalue weighted by Crippen LogP contribution is 2.20. The highest BCUT2D eigenvalue weighted by molar-refractivity contribution is 5.79.